The number of amides is 1. The van der Waals surface area contributed by atoms with Crippen LogP contribution < -0.4 is 5.32 Å². The topological polar surface area (TPSA) is 82.5 Å². The summed E-state index contributed by atoms with van der Waals surface area (Å²) in [5, 5.41) is 2.38. The molecule has 0 saturated heterocycles. The summed E-state index contributed by atoms with van der Waals surface area (Å²) in [5.41, 5.74) is 1.12. The van der Waals surface area contributed by atoms with Crippen molar-refractivity contribution < 1.29 is 19.1 Å². The first-order valence-corrected chi connectivity index (χ1v) is 5.67. The Balaban J connectivity index is 2.51. The molecule has 0 aliphatic heterocycles. The molecule has 2 rings (SSSR count). The molecule has 7 nitrogen and oxygen atoms in total. The number of para-hydroxylation sites is 2. The van der Waals surface area contributed by atoms with Crippen molar-refractivity contribution in [3.63, 3.8) is 0 Å². The van der Waals surface area contributed by atoms with Crippen LogP contribution in [-0.2, 0) is 9.47 Å². The zero-order chi connectivity index (χ0) is 13.8. The van der Waals surface area contributed by atoms with E-state index in [1.807, 2.05) is 0 Å². The monoisotopic (exact) mass is 263 g/mol. The number of fused-ring (bicyclic) bond motifs is 1. The number of ether oxygens (including phenoxy) is 2. The Labute approximate surface area is 109 Å². The molecule has 19 heavy (non-hydrogen) atoms. The molecule has 1 N–H and O–H groups in total. The molecule has 0 unspecified atom stereocenters. The molecule has 1 aromatic carbocycles. The molecule has 0 spiro atoms. The van der Waals surface area contributed by atoms with Crippen molar-refractivity contribution in [2.24, 2.45) is 0 Å². The number of carbonyl (C=O) groups is 2. The third-order valence-electron chi connectivity index (χ3n) is 2.41. The highest BCUT2D eigenvalue weighted by Crippen LogP contribution is 2.20. The van der Waals surface area contributed by atoms with Crippen LogP contribution in [0.1, 0.15) is 6.92 Å². The highest BCUT2D eigenvalue weighted by Gasteiger charge is 2.19. The van der Waals surface area contributed by atoms with E-state index in [-0.39, 0.29) is 12.6 Å². The van der Waals surface area contributed by atoms with Crippen LogP contribution in [0, 0.1) is 0 Å². The molecular weight excluding hydrogens is 250 g/mol. The number of imidazole rings is 1. The van der Waals surface area contributed by atoms with Crippen LogP contribution in [-0.4, -0.2) is 35.5 Å². The number of nitrogens with zero attached hydrogens (tertiary/aromatic N) is 2. The number of hydrogen-bond acceptors (Lipinski definition) is 5. The zero-order valence-electron chi connectivity index (χ0n) is 10.5. The van der Waals surface area contributed by atoms with Gasteiger partial charge in [0.2, 0.25) is 5.95 Å². The van der Waals surface area contributed by atoms with Crippen LogP contribution in [0.5, 0.6) is 0 Å². The summed E-state index contributed by atoms with van der Waals surface area (Å²) in [7, 11) is 1.23. The van der Waals surface area contributed by atoms with Gasteiger partial charge < -0.3 is 9.47 Å². The van der Waals surface area contributed by atoms with E-state index >= 15 is 0 Å². The normalized spacial score (nSPS) is 10.2. The molecule has 1 amide bonds. The van der Waals surface area contributed by atoms with Crippen molar-refractivity contribution in [3.8, 4) is 0 Å². The predicted octanol–water partition coefficient (Wildman–Crippen LogP) is 2.22. The number of anilines is 1. The van der Waals surface area contributed by atoms with Gasteiger partial charge in [0.25, 0.3) is 0 Å². The van der Waals surface area contributed by atoms with E-state index in [2.05, 4.69) is 15.0 Å². The van der Waals surface area contributed by atoms with E-state index in [9.17, 15) is 9.59 Å². The lowest BCUT2D eigenvalue weighted by atomic mass is 10.3. The molecule has 1 heterocycles. The number of nitrogens with one attached hydrogen (secondary N) is 1. The molecule has 7 heteroatoms. The minimum atomic E-state index is -0.708. The summed E-state index contributed by atoms with van der Waals surface area (Å²) in [6, 6.07) is 6.99. The summed E-state index contributed by atoms with van der Waals surface area (Å²) in [4.78, 5) is 27.3. The van der Waals surface area contributed by atoms with Gasteiger partial charge in [-0.15, -0.1) is 0 Å². The average molecular weight is 263 g/mol. The Bertz CT molecular complexity index is 620. The second-order valence-corrected chi connectivity index (χ2v) is 3.58. The van der Waals surface area contributed by atoms with Gasteiger partial charge in [-0.2, -0.15) is 0 Å². The van der Waals surface area contributed by atoms with E-state index in [0.29, 0.717) is 11.0 Å². The molecule has 0 saturated carbocycles. The second kappa shape index (κ2) is 5.38. The van der Waals surface area contributed by atoms with Crippen molar-refractivity contribution in [2.45, 2.75) is 6.92 Å². The Kier molecular flexibility index (Phi) is 3.65. The van der Waals surface area contributed by atoms with Gasteiger partial charge in [-0.05, 0) is 19.1 Å². The van der Waals surface area contributed by atoms with Crippen LogP contribution in [0.3, 0.4) is 0 Å². The van der Waals surface area contributed by atoms with Gasteiger partial charge in [-0.1, -0.05) is 12.1 Å². The van der Waals surface area contributed by atoms with E-state index in [1.165, 1.54) is 11.7 Å². The Morgan fingerprint density at radius 3 is 2.79 bits per heavy atom. The first kappa shape index (κ1) is 12.9. The van der Waals surface area contributed by atoms with Crippen LogP contribution in [0.15, 0.2) is 24.3 Å². The molecule has 0 bridgehead atoms. The molecule has 0 aliphatic rings. The molecule has 100 valence electrons. The number of aromatic nitrogens is 2. The standard InChI is InChI=1S/C12H13N3O4/c1-3-19-12(17)15-9-7-5-4-6-8(9)13-10(15)14-11(16)18-2/h4-7H,3H2,1-2H3,(H,13,14,16). The van der Waals surface area contributed by atoms with E-state index in [4.69, 9.17) is 4.74 Å². The quantitative estimate of drug-likeness (QED) is 0.898. The fourth-order valence-electron chi connectivity index (χ4n) is 1.62. The average Bonchev–Trinajstić information content (AvgIpc) is 2.76. The van der Waals surface area contributed by atoms with Gasteiger partial charge >= 0.3 is 12.2 Å². The van der Waals surface area contributed by atoms with Crippen molar-refractivity contribution >= 4 is 29.2 Å². The molecular formula is C12H13N3O4. The van der Waals surface area contributed by atoms with Gasteiger partial charge in [0.05, 0.1) is 24.8 Å². The second-order valence-electron chi connectivity index (χ2n) is 3.58. The molecule has 0 atom stereocenters. The third kappa shape index (κ3) is 2.49. The van der Waals surface area contributed by atoms with Gasteiger partial charge in [0, 0.05) is 0 Å². The fraction of sp³-hybridized carbons (Fsp3) is 0.250. The lowest BCUT2D eigenvalue weighted by molar-refractivity contribution is 0.155. The number of hydrogen-bond donors (Lipinski definition) is 1. The van der Waals surface area contributed by atoms with Gasteiger partial charge in [-0.3, -0.25) is 5.32 Å². The fourth-order valence-corrected chi connectivity index (χ4v) is 1.62. The SMILES string of the molecule is CCOC(=O)n1c(NC(=O)OC)nc2ccccc21. The number of rotatable bonds is 2. The van der Waals surface area contributed by atoms with Crippen LogP contribution in [0.2, 0.25) is 0 Å². The first-order valence-electron chi connectivity index (χ1n) is 5.67. The van der Waals surface area contributed by atoms with Crippen LogP contribution in [0.4, 0.5) is 15.5 Å². The highest BCUT2D eigenvalue weighted by molar-refractivity contribution is 5.94. The number of benzene rings is 1. The Morgan fingerprint density at radius 1 is 1.37 bits per heavy atom. The van der Waals surface area contributed by atoms with Gasteiger partial charge in [0.15, 0.2) is 0 Å². The van der Waals surface area contributed by atoms with E-state index in [1.54, 1.807) is 31.2 Å². The van der Waals surface area contributed by atoms with E-state index < -0.39 is 12.2 Å². The van der Waals surface area contributed by atoms with E-state index in [0.717, 1.165) is 0 Å². The molecule has 0 aliphatic carbocycles. The minimum Gasteiger partial charge on any atom is -0.453 e. The van der Waals surface area contributed by atoms with Crippen molar-refractivity contribution in [2.75, 3.05) is 19.0 Å². The summed E-state index contributed by atoms with van der Waals surface area (Å²) >= 11 is 0. The summed E-state index contributed by atoms with van der Waals surface area (Å²) in [6.45, 7) is 1.92. The molecule has 0 radical (unpaired) electrons. The summed E-state index contributed by atoms with van der Waals surface area (Å²) in [6.07, 6.45) is -1.32. The first-order chi connectivity index (χ1) is 9.17. The van der Waals surface area contributed by atoms with Crippen LogP contribution in [0.25, 0.3) is 11.0 Å². The lowest BCUT2D eigenvalue weighted by Crippen LogP contribution is -2.20. The number of methoxy groups -OCH3 is 1. The van der Waals surface area contributed by atoms with Crippen molar-refractivity contribution in [1.29, 1.82) is 0 Å². The molecule has 0 fully saturated rings. The highest BCUT2D eigenvalue weighted by atomic mass is 16.6. The Hall–Kier alpha value is -2.57. The van der Waals surface area contributed by atoms with Crippen molar-refractivity contribution in [3.05, 3.63) is 24.3 Å². The maximum atomic E-state index is 11.9. The largest absolute Gasteiger partial charge is 0.453 e. The third-order valence-corrected chi connectivity index (χ3v) is 2.41. The molecule has 2 aromatic rings. The number of carbonyl (C=O) groups excluding carboxylic acids is 2. The van der Waals surface area contributed by atoms with Gasteiger partial charge in [-0.25, -0.2) is 19.1 Å². The van der Waals surface area contributed by atoms with Gasteiger partial charge in [0.1, 0.15) is 0 Å². The zero-order valence-corrected chi connectivity index (χ0v) is 10.5. The predicted molar refractivity (Wildman–Crippen MR) is 68.2 cm³/mol. The Morgan fingerprint density at radius 2 is 2.11 bits per heavy atom. The molecule has 1 aromatic heterocycles. The van der Waals surface area contributed by atoms with Crippen LogP contribution >= 0.6 is 0 Å². The smallest absolute Gasteiger partial charge is 0.421 e. The maximum absolute atomic E-state index is 11.9. The lowest BCUT2D eigenvalue weighted by Gasteiger charge is -2.07. The van der Waals surface area contributed by atoms with Crippen molar-refractivity contribution in [1.82, 2.24) is 9.55 Å². The summed E-state index contributed by atoms with van der Waals surface area (Å²) < 4.78 is 10.6. The maximum Gasteiger partial charge on any atom is 0.421 e. The minimum absolute atomic E-state index is 0.0616. The summed E-state index contributed by atoms with van der Waals surface area (Å²) in [5.74, 6) is 0.0616.